The van der Waals surface area contributed by atoms with Gasteiger partial charge >= 0.3 is 0 Å². The number of fused-ring (bicyclic) bond motifs is 2. The molecule has 2 aliphatic rings. The van der Waals surface area contributed by atoms with Crippen molar-refractivity contribution in [1.82, 2.24) is 15.1 Å². The van der Waals surface area contributed by atoms with Crippen LogP contribution in [-0.2, 0) is 28.0 Å². The lowest BCUT2D eigenvalue weighted by molar-refractivity contribution is -0.140. The minimum absolute atomic E-state index is 0.153. The highest BCUT2D eigenvalue weighted by Crippen LogP contribution is 2.43. The summed E-state index contributed by atoms with van der Waals surface area (Å²) in [5.41, 5.74) is 4.49. The maximum absolute atomic E-state index is 12.6. The summed E-state index contributed by atoms with van der Waals surface area (Å²) in [6.07, 6.45) is 4.08. The summed E-state index contributed by atoms with van der Waals surface area (Å²) >= 11 is 1.84. The van der Waals surface area contributed by atoms with Crippen molar-refractivity contribution in [3.63, 3.8) is 0 Å². The van der Waals surface area contributed by atoms with Crippen molar-refractivity contribution in [3.05, 3.63) is 38.8 Å². The first-order chi connectivity index (χ1) is 12.1. The van der Waals surface area contributed by atoms with Crippen molar-refractivity contribution in [1.29, 1.82) is 0 Å². The number of piperidine rings is 1. The average Bonchev–Trinajstić information content (AvgIpc) is 3.23. The van der Waals surface area contributed by atoms with Gasteiger partial charge in [-0.3, -0.25) is 9.89 Å². The SMILES string of the molecule is Cc1[nH]nc(CCC(=O)N2CCC3(CC2)OCCc2sccc23)c1C. The maximum Gasteiger partial charge on any atom is 0.222 e. The number of likely N-dealkylation sites (tertiary alicyclic amines) is 1. The molecule has 1 N–H and O–H groups in total. The maximum atomic E-state index is 12.6. The van der Waals surface area contributed by atoms with Gasteiger partial charge in [0, 0.05) is 42.9 Å². The molecule has 1 saturated heterocycles. The fourth-order valence-corrected chi connectivity index (χ4v) is 5.00. The molecule has 1 spiro atoms. The Kier molecular flexibility index (Phi) is 4.41. The van der Waals surface area contributed by atoms with Gasteiger partial charge in [0.25, 0.3) is 0 Å². The molecule has 0 unspecified atom stereocenters. The molecule has 2 aromatic heterocycles. The lowest BCUT2D eigenvalue weighted by atomic mass is 9.82. The molecular weight excluding hydrogens is 334 g/mol. The Bertz CT molecular complexity index is 771. The van der Waals surface area contributed by atoms with Crippen LogP contribution < -0.4 is 0 Å². The third-order valence-electron chi connectivity index (χ3n) is 5.80. The van der Waals surface area contributed by atoms with Gasteiger partial charge in [0.1, 0.15) is 0 Å². The Balaban J connectivity index is 1.36. The number of carbonyl (C=O) groups is 1. The van der Waals surface area contributed by atoms with Crippen molar-refractivity contribution in [2.24, 2.45) is 0 Å². The molecule has 6 heteroatoms. The first kappa shape index (κ1) is 16.8. The van der Waals surface area contributed by atoms with Crippen LogP contribution in [0.3, 0.4) is 0 Å². The Morgan fingerprint density at radius 1 is 1.40 bits per heavy atom. The highest BCUT2D eigenvalue weighted by atomic mass is 32.1. The number of aryl methyl sites for hydroxylation is 2. The molecule has 0 aliphatic carbocycles. The average molecular weight is 359 g/mol. The van der Waals surface area contributed by atoms with Crippen molar-refractivity contribution < 1.29 is 9.53 Å². The minimum atomic E-state index is -0.153. The molecule has 1 fully saturated rings. The van der Waals surface area contributed by atoms with Gasteiger partial charge in [-0.25, -0.2) is 0 Å². The molecule has 0 aromatic carbocycles. The van der Waals surface area contributed by atoms with E-state index in [1.807, 2.05) is 23.2 Å². The third-order valence-corrected chi connectivity index (χ3v) is 6.78. The minimum Gasteiger partial charge on any atom is -0.370 e. The van der Waals surface area contributed by atoms with Crippen LogP contribution in [-0.4, -0.2) is 40.7 Å². The summed E-state index contributed by atoms with van der Waals surface area (Å²) in [4.78, 5) is 16.1. The Hall–Kier alpha value is -1.66. The molecule has 0 saturated carbocycles. The van der Waals surface area contributed by atoms with E-state index in [1.54, 1.807) is 0 Å². The number of carbonyl (C=O) groups excluding carboxylic acids is 1. The second kappa shape index (κ2) is 6.57. The van der Waals surface area contributed by atoms with Crippen molar-refractivity contribution >= 4 is 17.2 Å². The van der Waals surface area contributed by atoms with Crippen LogP contribution in [0.4, 0.5) is 0 Å². The topological polar surface area (TPSA) is 58.2 Å². The van der Waals surface area contributed by atoms with Crippen LogP contribution in [0.15, 0.2) is 11.4 Å². The smallest absolute Gasteiger partial charge is 0.222 e. The monoisotopic (exact) mass is 359 g/mol. The van der Waals surface area contributed by atoms with E-state index in [-0.39, 0.29) is 11.5 Å². The Morgan fingerprint density at radius 2 is 2.20 bits per heavy atom. The number of rotatable bonds is 3. The number of thiophene rings is 1. The molecule has 5 nitrogen and oxygen atoms in total. The number of ether oxygens (including phenoxy) is 1. The van der Waals surface area contributed by atoms with Gasteiger partial charge in [0.05, 0.1) is 17.9 Å². The number of aromatic nitrogens is 2. The quantitative estimate of drug-likeness (QED) is 0.916. The van der Waals surface area contributed by atoms with E-state index in [4.69, 9.17) is 4.74 Å². The van der Waals surface area contributed by atoms with Crippen molar-refractivity contribution in [2.75, 3.05) is 19.7 Å². The number of nitrogens with zero attached hydrogens (tertiary/aromatic N) is 2. The van der Waals surface area contributed by atoms with Gasteiger partial charge < -0.3 is 9.64 Å². The summed E-state index contributed by atoms with van der Waals surface area (Å²) in [5, 5.41) is 9.47. The van der Waals surface area contributed by atoms with Crippen LogP contribution >= 0.6 is 11.3 Å². The summed E-state index contributed by atoms with van der Waals surface area (Å²) < 4.78 is 6.22. The van der Waals surface area contributed by atoms with Crippen LogP contribution in [0.5, 0.6) is 0 Å². The van der Waals surface area contributed by atoms with Gasteiger partial charge in [-0.2, -0.15) is 5.10 Å². The molecule has 4 heterocycles. The number of aromatic amines is 1. The first-order valence-electron chi connectivity index (χ1n) is 9.08. The summed E-state index contributed by atoms with van der Waals surface area (Å²) in [5.74, 6) is 0.233. The molecule has 0 atom stereocenters. The zero-order chi connectivity index (χ0) is 17.4. The molecule has 1 amide bonds. The zero-order valence-electron chi connectivity index (χ0n) is 14.9. The third kappa shape index (κ3) is 3.02. The van der Waals surface area contributed by atoms with Crippen molar-refractivity contribution in [2.45, 2.75) is 51.6 Å². The summed E-state index contributed by atoms with van der Waals surface area (Å²) in [7, 11) is 0. The molecule has 134 valence electrons. The van der Waals surface area contributed by atoms with Gasteiger partial charge in [-0.05, 0) is 49.3 Å². The number of amides is 1. The van der Waals surface area contributed by atoms with Crippen LogP contribution in [0.1, 0.15) is 46.7 Å². The van der Waals surface area contributed by atoms with E-state index < -0.39 is 0 Å². The molecule has 2 aliphatic heterocycles. The highest BCUT2D eigenvalue weighted by molar-refractivity contribution is 7.10. The molecule has 0 radical (unpaired) electrons. The highest BCUT2D eigenvalue weighted by Gasteiger charge is 2.42. The number of hydrogen-bond acceptors (Lipinski definition) is 4. The Morgan fingerprint density at radius 3 is 2.92 bits per heavy atom. The number of nitrogens with one attached hydrogen (secondary N) is 1. The lowest BCUT2D eigenvalue weighted by Gasteiger charge is -2.44. The van der Waals surface area contributed by atoms with E-state index in [9.17, 15) is 4.79 Å². The summed E-state index contributed by atoms with van der Waals surface area (Å²) in [6, 6.07) is 2.22. The van der Waals surface area contributed by atoms with Crippen molar-refractivity contribution in [3.8, 4) is 0 Å². The molecular formula is C19H25N3O2S. The van der Waals surface area contributed by atoms with Crippen LogP contribution in [0.2, 0.25) is 0 Å². The van der Waals surface area contributed by atoms with Gasteiger partial charge in [0.15, 0.2) is 0 Å². The van der Waals surface area contributed by atoms with E-state index in [2.05, 4.69) is 28.6 Å². The van der Waals surface area contributed by atoms with Gasteiger partial charge in [-0.15, -0.1) is 11.3 Å². The largest absolute Gasteiger partial charge is 0.370 e. The molecule has 2 aromatic rings. The predicted octanol–water partition coefficient (Wildman–Crippen LogP) is 3.11. The van der Waals surface area contributed by atoms with E-state index in [0.717, 1.165) is 50.3 Å². The Labute approximate surface area is 152 Å². The predicted molar refractivity (Wildman–Crippen MR) is 97.8 cm³/mol. The molecule has 4 rings (SSSR count). The fourth-order valence-electron chi connectivity index (χ4n) is 4.05. The number of H-pyrrole nitrogens is 1. The number of hydrogen-bond donors (Lipinski definition) is 1. The molecule has 25 heavy (non-hydrogen) atoms. The summed E-state index contributed by atoms with van der Waals surface area (Å²) in [6.45, 7) is 6.45. The van der Waals surface area contributed by atoms with Crippen LogP contribution in [0.25, 0.3) is 0 Å². The second-order valence-electron chi connectivity index (χ2n) is 7.15. The lowest BCUT2D eigenvalue weighted by Crippen LogP contribution is -2.48. The second-order valence-corrected chi connectivity index (χ2v) is 8.15. The first-order valence-corrected chi connectivity index (χ1v) is 9.96. The fraction of sp³-hybridized carbons (Fsp3) is 0.579. The van der Waals surface area contributed by atoms with E-state index >= 15 is 0 Å². The normalized spacial score (nSPS) is 19.2. The molecule has 0 bridgehead atoms. The van der Waals surface area contributed by atoms with Gasteiger partial charge in [-0.1, -0.05) is 0 Å². The van der Waals surface area contributed by atoms with E-state index in [0.29, 0.717) is 12.8 Å². The van der Waals surface area contributed by atoms with Crippen LogP contribution in [0, 0.1) is 13.8 Å². The van der Waals surface area contributed by atoms with E-state index in [1.165, 1.54) is 16.0 Å². The van der Waals surface area contributed by atoms with Gasteiger partial charge in [0.2, 0.25) is 5.91 Å². The standard InChI is InChI=1S/C19H25N3O2S/c1-13-14(2)20-21-16(13)3-4-18(23)22-9-7-19(8-10-22)15-6-12-25-17(15)5-11-24-19/h6,12H,3-5,7-11H2,1-2H3,(H,20,21). The zero-order valence-corrected chi connectivity index (χ0v) is 15.7.